The van der Waals surface area contributed by atoms with Gasteiger partial charge in [0.1, 0.15) is 6.04 Å². The molecule has 0 saturated carbocycles. The molecular weight excluding hydrogens is 352 g/mol. The molecule has 0 bridgehead atoms. The minimum absolute atomic E-state index is 0.0430. The van der Waals surface area contributed by atoms with Crippen molar-refractivity contribution in [2.24, 2.45) is 0 Å². The zero-order valence-electron chi connectivity index (χ0n) is 16.8. The highest BCUT2D eigenvalue weighted by Gasteiger charge is 2.23. The van der Waals surface area contributed by atoms with Crippen LogP contribution in [-0.4, -0.2) is 73.8 Å². The van der Waals surface area contributed by atoms with E-state index in [1.807, 2.05) is 54.2 Å². The van der Waals surface area contributed by atoms with Crippen molar-refractivity contribution in [3.63, 3.8) is 0 Å². The Bertz CT molecular complexity index is 797. The van der Waals surface area contributed by atoms with Crippen LogP contribution >= 0.6 is 0 Å². The lowest BCUT2D eigenvalue weighted by Gasteiger charge is -2.32. The SMILES string of the molecule is CN1CCN(C(=O)c2ccc(NC(=O)C(c3ccccc3)N(C)C)cc2)CC1. The van der Waals surface area contributed by atoms with Gasteiger partial charge in [-0.2, -0.15) is 0 Å². The standard InChI is InChI=1S/C22H28N4O2/c1-24(2)20(17-7-5-4-6-8-17)21(27)23-19-11-9-18(10-12-19)22(28)26-15-13-25(3)14-16-26/h4-12,20H,13-16H2,1-3H3,(H,23,27). The van der Waals surface area contributed by atoms with Gasteiger partial charge in [0, 0.05) is 37.4 Å². The van der Waals surface area contributed by atoms with Gasteiger partial charge in [0.25, 0.3) is 5.91 Å². The van der Waals surface area contributed by atoms with Gasteiger partial charge < -0.3 is 15.1 Å². The molecule has 2 aromatic carbocycles. The number of nitrogens with zero attached hydrogens (tertiary/aromatic N) is 3. The molecule has 1 heterocycles. The van der Waals surface area contributed by atoms with Crippen LogP contribution in [0.2, 0.25) is 0 Å². The number of benzene rings is 2. The van der Waals surface area contributed by atoms with E-state index in [1.165, 1.54) is 0 Å². The molecule has 2 aromatic rings. The van der Waals surface area contributed by atoms with Crippen LogP contribution in [0.3, 0.4) is 0 Å². The van der Waals surface area contributed by atoms with E-state index in [1.54, 1.807) is 24.3 Å². The largest absolute Gasteiger partial charge is 0.336 e. The smallest absolute Gasteiger partial charge is 0.253 e. The molecule has 0 radical (unpaired) electrons. The average molecular weight is 380 g/mol. The molecule has 1 saturated heterocycles. The number of carbonyl (C=O) groups excluding carboxylic acids is 2. The molecule has 1 aliphatic heterocycles. The molecule has 6 nitrogen and oxygen atoms in total. The zero-order valence-corrected chi connectivity index (χ0v) is 16.8. The Labute approximate surface area is 166 Å². The Morgan fingerprint density at radius 2 is 1.54 bits per heavy atom. The number of hydrogen-bond donors (Lipinski definition) is 1. The van der Waals surface area contributed by atoms with Crippen molar-refractivity contribution in [3.8, 4) is 0 Å². The molecule has 148 valence electrons. The Balaban J connectivity index is 1.66. The molecule has 3 rings (SSSR count). The van der Waals surface area contributed by atoms with Crippen molar-refractivity contribution in [2.75, 3.05) is 52.6 Å². The Morgan fingerprint density at radius 1 is 0.929 bits per heavy atom. The number of rotatable bonds is 5. The first-order valence-electron chi connectivity index (χ1n) is 9.56. The topological polar surface area (TPSA) is 55.9 Å². The normalized spacial score (nSPS) is 16.1. The summed E-state index contributed by atoms with van der Waals surface area (Å²) in [6.45, 7) is 3.28. The van der Waals surface area contributed by atoms with Crippen LogP contribution < -0.4 is 5.32 Å². The first-order valence-corrected chi connectivity index (χ1v) is 9.56. The van der Waals surface area contributed by atoms with Gasteiger partial charge in [-0.05, 0) is 51.0 Å². The summed E-state index contributed by atoms with van der Waals surface area (Å²) in [4.78, 5) is 31.4. The van der Waals surface area contributed by atoms with E-state index in [9.17, 15) is 9.59 Å². The van der Waals surface area contributed by atoms with Crippen LogP contribution in [0.15, 0.2) is 54.6 Å². The highest BCUT2D eigenvalue weighted by molar-refractivity contribution is 5.97. The Kier molecular flexibility index (Phi) is 6.44. The molecule has 0 aliphatic carbocycles. The van der Waals surface area contributed by atoms with Crippen LogP contribution in [0.1, 0.15) is 22.0 Å². The molecule has 1 unspecified atom stereocenters. The minimum atomic E-state index is -0.382. The van der Waals surface area contributed by atoms with E-state index in [4.69, 9.17) is 0 Å². The van der Waals surface area contributed by atoms with Gasteiger partial charge in [-0.15, -0.1) is 0 Å². The van der Waals surface area contributed by atoms with E-state index < -0.39 is 0 Å². The van der Waals surface area contributed by atoms with Crippen molar-refractivity contribution in [1.29, 1.82) is 0 Å². The van der Waals surface area contributed by atoms with Crippen LogP contribution in [0.5, 0.6) is 0 Å². The molecule has 1 aliphatic rings. The van der Waals surface area contributed by atoms with E-state index >= 15 is 0 Å². The summed E-state index contributed by atoms with van der Waals surface area (Å²) in [6.07, 6.45) is 0. The van der Waals surface area contributed by atoms with Crippen LogP contribution in [0.25, 0.3) is 0 Å². The van der Waals surface area contributed by atoms with Gasteiger partial charge in [0.05, 0.1) is 0 Å². The highest BCUT2D eigenvalue weighted by atomic mass is 16.2. The average Bonchev–Trinajstić information content (AvgIpc) is 2.69. The minimum Gasteiger partial charge on any atom is -0.336 e. The second kappa shape index (κ2) is 8.99. The van der Waals surface area contributed by atoms with Crippen molar-refractivity contribution >= 4 is 17.5 Å². The number of nitrogens with one attached hydrogen (secondary N) is 1. The summed E-state index contributed by atoms with van der Waals surface area (Å²) in [5.74, 6) is -0.0595. The number of likely N-dealkylation sites (N-methyl/N-ethyl adjacent to an activating group) is 2. The summed E-state index contributed by atoms with van der Waals surface area (Å²) in [7, 11) is 5.83. The lowest BCUT2D eigenvalue weighted by molar-refractivity contribution is -0.120. The maximum absolute atomic E-state index is 12.8. The maximum Gasteiger partial charge on any atom is 0.253 e. The van der Waals surface area contributed by atoms with E-state index in [0.717, 1.165) is 31.7 Å². The van der Waals surface area contributed by atoms with Gasteiger partial charge in [-0.25, -0.2) is 0 Å². The Morgan fingerprint density at radius 3 is 2.11 bits per heavy atom. The van der Waals surface area contributed by atoms with E-state index in [-0.39, 0.29) is 17.9 Å². The highest BCUT2D eigenvalue weighted by Crippen LogP contribution is 2.21. The number of anilines is 1. The lowest BCUT2D eigenvalue weighted by atomic mass is 10.1. The lowest BCUT2D eigenvalue weighted by Crippen LogP contribution is -2.47. The number of hydrogen-bond acceptors (Lipinski definition) is 4. The summed E-state index contributed by atoms with van der Waals surface area (Å²) in [6, 6.07) is 16.4. The molecule has 2 amide bonds. The van der Waals surface area contributed by atoms with Crippen molar-refractivity contribution in [1.82, 2.24) is 14.7 Å². The first-order chi connectivity index (χ1) is 13.5. The van der Waals surface area contributed by atoms with E-state index in [2.05, 4.69) is 17.3 Å². The fraction of sp³-hybridized carbons (Fsp3) is 0.364. The first kappa shape index (κ1) is 20.0. The second-order valence-corrected chi connectivity index (χ2v) is 7.44. The molecule has 1 N–H and O–H groups in total. The van der Waals surface area contributed by atoms with Gasteiger partial charge >= 0.3 is 0 Å². The fourth-order valence-corrected chi connectivity index (χ4v) is 3.42. The van der Waals surface area contributed by atoms with Crippen LogP contribution in [0.4, 0.5) is 5.69 Å². The number of piperazine rings is 1. The fourth-order valence-electron chi connectivity index (χ4n) is 3.42. The molecular formula is C22H28N4O2. The monoisotopic (exact) mass is 380 g/mol. The van der Waals surface area contributed by atoms with Gasteiger partial charge in [-0.1, -0.05) is 30.3 Å². The van der Waals surface area contributed by atoms with Crippen molar-refractivity contribution in [3.05, 3.63) is 65.7 Å². The quantitative estimate of drug-likeness (QED) is 0.865. The Hall–Kier alpha value is -2.70. The summed E-state index contributed by atoms with van der Waals surface area (Å²) in [5, 5.41) is 2.96. The zero-order chi connectivity index (χ0) is 20.1. The van der Waals surface area contributed by atoms with Crippen LogP contribution in [0, 0.1) is 0 Å². The third-order valence-electron chi connectivity index (χ3n) is 5.07. The third kappa shape index (κ3) is 4.77. The predicted molar refractivity (Wildman–Crippen MR) is 111 cm³/mol. The molecule has 6 heteroatoms. The third-order valence-corrected chi connectivity index (χ3v) is 5.07. The summed E-state index contributed by atoms with van der Waals surface area (Å²) >= 11 is 0. The van der Waals surface area contributed by atoms with Crippen molar-refractivity contribution < 1.29 is 9.59 Å². The van der Waals surface area contributed by atoms with Crippen molar-refractivity contribution in [2.45, 2.75) is 6.04 Å². The molecule has 0 spiro atoms. The number of carbonyl (C=O) groups is 2. The van der Waals surface area contributed by atoms with Gasteiger partial charge in [0.2, 0.25) is 5.91 Å². The second-order valence-electron chi connectivity index (χ2n) is 7.44. The molecule has 1 atom stereocenters. The van der Waals surface area contributed by atoms with E-state index in [0.29, 0.717) is 11.3 Å². The maximum atomic E-state index is 12.8. The van der Waals surface area contributed by atoms with Gasteiger partial charge in [-0.3, -0.25) is 14.5 Å². The molecule has 0 aromatic heterocycles. The summed E-state index contributed by atoms with van der Waals surface area (Å²) < 4.78 is 0. The molecule has 28 heavy (non-hydrogen) atoms. The predicted octanol–water partition coefficient (Wildman–Crippen LogP) is 2.32. The van der Waals surface area contributed by atoms with Gasteiger partial charge in [0.15, 0.2) is 0 Å². The molecule has 1 fully saturated rings. The summed E-state index contributed by atoms with van der Waals surface area (Å²) in [5.41, 5.74) is 2.27. The van der Waals surface area contributed by atoms with Crippen LogP contribution in [-0.2, 0) is 4.79 Å². The number of amides is 2.